The second kappa shape index (κ2) is 12.6. The first-order valence-corrected chi connectivity index (χ1v) is 16.1. The zero-order valence-electron chi connectivity index (χ0n) is 28.3. The summed E-state index contributed by atoms with van der Waals surface area (Å²) in [5, 5.41) is 12.3. The lowest BCUT2D eigenvalue weighted by Crippen LogP contribution is -2.51. The van der Waals surface area contributed by atoms with Crippen molar-refractivity contribution < 1.29 is 38.4 Å². The molecule has 4 aromatic rings. The van der Waals surface area contributed by atoms with Crippen molar-refractivity contribution in [2.45, 2.75) is 38.9 Å². The van der Waals surface area contributed by atoms with E-state index in [0.717, 1.165) is 0 Å². The van der Waals surface area contributed by atoms with Gasteiger partial charge in [0.05, 0.1) is 45.1 Å². The summed E-state index contributed by atoms with van der Waals surface area (Å²) in [6.45, 7) is 6.25. The molecule has 260 valence electrons. The topological polar surface area (TPSA) is 159 Å². The summed E-state index contributed by atoms with van der Waals surface area (Å²) in [4.78, 5) is 87.3. The summed E-state index contributed by atoms with van der Waals surface area (Å²) in [5.41, 5.74) is -0.250. The van der Waals surface area contributed by atoms with Gasteiger partial charge in [-0.3, -0.25) is 28.8 Å². The fourth-order valence-corrected chi connectivity index (χ4v) is 5.86. The molecule has 0 bridgehead atoms. The maximum atomic E-state index is 12.9. The van der Waals surface area contributed by atoms with Crippen LogP contribution in [-0.2, 0) is 19.3 Å². The standard InChI is InChI=1S/2C19H15N3O4/c2*1-12-19(2,18(25)21(20-12)13-8-4-3-5-9-13)26-22-16(23)14-10-6-7-11-15(14)17(22)24/h2*3-11H,1-2H3/t2*19-/m11/s1. The Labute approximate surface area is 297 Å². The van der Waals surface area contributed by atoms with E-state index in [9.17, 15) is 28.8 Å². The van der Waals surface area contributed by atoms with Gasteiger partial charge in [0.15, 0.2) is 0 Å². The van der Waals surface area contributed by atoms with Crippen molar-refractivity contribution in [3.8, 4) is 0 Å². The highest BCUT2D eigenvalue weighted by atomic mass is 16.7. The van der Waals surface area contributed by atoms with Gasteiger partial charge in [0.1, 0.15) is 0 Å². The number of anilines is 2. The molecule has 14 heteroatoms. The van der Waals surface area contributed by atoms with Gasteiger partial charge < -0.3 is 0 Å². The largest absolute Gasteiger partial charge is 0.288 e. The van der Waals surface area contributed by atoms with Crippen LogP contribution in [0.2, 0.25) is 0 Å². The van der Waals surface area contributed by atoms with Crippen LogP contribution in [0.15, 0.2) is 119 Å². The summed E-state index contributed by atoms with van der Waals surface area (Å²) in [6.07, 6.45) is 0. The van der Waals surface area contributed by atoms with E-state index < -0.39 is 46.6 Å². The van der Waals surface area contributed by atoms with Crippen LogP contribution in [0.3, 0.4) is 0 Å². The molecule has 52 heavy (non-hydrogen) atoms. The minimum Gasteiger partial charge on any atom is -0.269 e. The molecule has 0 radical (unpaired) electrons. The Morgan fingerprint density at radius 1 is 0.442 bits per heavy atom. The molecule has 0 aromatic heterocycles. The summed E-state index contributed by atoms with van der Waals surface area (Å²) >= 11 is 0. The molecule has 4 aliphatic rings. The molecule has 6 amide bonds. The third-order valence-electron chi connectivity index (χ3n) is 9.14. The van der Waals surface area contributed by atoms with E-state index in [1.807, 2.05) is 12.1 Å². The number of para-hydroxylation sites is 2. The fourth-order valence-electron chi connectivity index (χ4n) is 5.86. The maximum absolute atomic E-state index is 12.9. The summed E-state index contributed by atoms with van der Waals surface area (Å²) in [7, 11) is 0. The molecule has 4 aromatic carbocycles. The van der Waals surface area contributed by atoms with E-state index in [4.69, 9.17) is 9.68 Å². The molecule has 8 rings (SSSR count). The van der Waals surface area contributed by atoms with E-state index >= 15 is 0 Å². The van der Waals surface area contributed by atoms with Gasteiger partial charge in [-0.2, -0.15) is 20.2 Å². The number of hydrogen-bond donors (Lipinski definition) is 0. The van der Waals surface area contributed by atoms with Gasteiger partial charge in [-0.05, 0) is 76.2 Å². The highest BCUT2D eigenvalue weighted by molar-refractivity contribution is 6.24. The Kier molecular flexibility index (Phi) is 8.20. The van der Waals surface area contributed by atoms with Crippen LogP contribution >= 0.6 is 0 Å². The second-order valence-electron chi connectivity index (χ2n) is 12.4. The molecule has 0 aliphatic carbocycles. The quantitative estimate of drug-likeness (QED) is 0.260. The number of imide groups is 2. The Morgan fingerprint density at radius 3 is 1.00 bits per heavy atom. The Morgan fingerprint density at radius 2 is 0.712 bits per heavy atom. The van der Waals surface area contributed by atoms with Crippen molar-refractivity contribution in [1.82, 2.24) is 10.1 Å². The highest BCUT2D eigenvalue weighted by Gasteiger charge is 2.53. The van der Waals surface area contributed by atoms with Crippen molar-refractivity contribution >= 4 is 58.2 Å². The number of nitrogens with zero attached hydrogens (tertiary/aromatic N) is 6. The van der Waals surface area contributed by atoms with E-state index in [1.165, 1.54) is 23.9 Å². The van der Waals surface area contributed by atoms with Gasteiger partial charge >= 0.3 is 0 Å². The predicted octanol–water partition coefficient (Wildman–Crippen LogP) is 4.79. The first-order chi connectivity index (χ1) is 24.9. The lowest BCUT2D eigenvalue weighted by molar-refractivity contribution is -0.167. The van der Waals surface area contributed by atoms with Crippen molar-refractivity contribution in [1.29, 1.82) is 0 Å². The van der Waals surface area contributed by atoms with Gasteiger partial charge in [-0.1, -0.05) is 60.7 Å². The van der Waals surface area contributed by atoms with Crippen LogP contribution in [0.5, 0.6) is 0 Å². The van der Waals surface area contributed by atoms with Gasteiger partial charge in [0.2, 0.25) is 11.2 Å². The Bertz CT molecular complexity index is 2030. The number of fused-ring (bicyclic) bond motifs is 2. The molecule has 0 spiro atoms. The average Bonchev–Trinajstić information content (AvgIpc) is 3.74. The van der Waals surface area contributed by atoms with Crippen molar-refractivity contribution in [3.63, 3.8) is 0 Å². The molecule has 0 fully saturated rings. The van der Waals surface area contributed by atoms with E-state index in [1.54, 1.807) is 111 Å². The molecule has 0 saturated carbocycles. The first-order valence-electron chi connectivity index (χ1n) is 16.1. The number of hydrazone groups is 2. The number of hydrogen-bond acceptors (Lipinski definition) is 10. The molecular weight excluding hydrogens is 668 g/mol. The predicted molar refractivity (Wildman–Crippen MR) is 187 cm³/mol. The minimum atomic E-state index is -1.55. The van der Waals surface area contributed by atoms with E-state index in [-0.39, 0.29) is 22.3 Å². The number of benzene rings is 4. The first kappa shape index (κ1) is 33.8. The normalized spacial score (nSPS) is 22.1. The molecular formula is C38H30N6O8. The van der Waals surface area contributed by atoms with Crippen LogP contribution < -0.4 is 10.0 Å². The molecule has 2 atom stereocenters. The number of rotatable bonds is 6. The molecule has 14 nitrogen and oxygen atoms in total. The smallest absolute Gasteiger partial charge is 0.269 e. The van der Waals surface area contributed by atoms with Crippen LogP contribution in [0.4, 0.5) is 11.4 Å². The molecule has 0 N–H and O–H groups in total. The SMILES string of the molecule is CC1=NN(c2ccccc2)C(=O)[C@]1(C)ON1C(=O)c2ccccc2C1=O.CC1=NN(c2ccccc2)C(=O)[C@]1(C)ON1C(=O)c2ccccc2C1=O. The third-order valence-corrected chi connectivity index (χ3v) is 9.14. The highest BCUT2D eigenvalue weighted by Crippen LogP contribution is 2.34. The number of amides is 6. The van der Waals surface area contributed by atoms with Gasteiger partial charge in [0, 0.05) is 0 Å². The van der Waals surface area contributed by atoms with Gasteiger partial charge in [0.25, 0.3) is 35.4 Å². The second-order valence-corrected chi connectivity index (χ2v) is 12.4. The third kappa shape index (κ3) is 5.28. The van der Waals surface area contributed by atoms with Crippen LogP contribution in [-0.4, -0.2) is 68.2 Å². The zero-order valence-corrected chi connectivity index (χ0v) is 28.3. The lowest BCUT2D eigenvalue weighted by Gasteiger charge is -2.27. The van der Waals surface area contributed by atoms with Crippen LogP contribution in [0.1, 0.15) is 69.1 Å². The van der Waals surface area contributed by atoms with Gasteiger partial charge in [-0.15, -0.1) is 10.1 Å². The molecule has 0 saturated heterocycles. The summed E-state index contributed by atoms with van der Waals surface area (Å²) < 4.78 is 0. The monoisotopic (exact) mass is 698 g/mol. The van der Waals surface area contributed by atoms with E-state index in [0.29, 0.717) is 32.9 Å². The van der Waals surface area contributed by atoms with Crippen LogP contribution in [0.25, 0.3) is 0 Å². The molecule has 0 unspecified atom stereocenters. The van der Waals surface area contributed by atoms with Crippen molar-refractivity contribution in [3.05, 3.63) is 131 Å². The maximum Gasteiger partial charge on any atom is 0.288 e. The van der Waals surface area contributed by atoms with Gasteiger partial charge in [-0.25, -0.2) is 9.68 Å². The summed E-state index contributed by atoms with van der Waals surface area (Å²) in [6, 6.07) is 30.6. The zero-order chi connectivity index (χ0) is 36.9. The Balaban J connectivity index is 0.000000162. The number of hydroxylamine groups is 4. The lowest BCUT2D eigenvalue weighted by atomic mass is 10.0. The van der Waals surface area contributed by atoms with Crippen LogP contribution in [0, 0.1) is 0 Å². The average molecular weight is 699 g/mol. The van der Waals surface area contributed by atoms with Crippen molar-refractivity contribution in [2.75, 3.05) is 10.0 Å². The fraction of sp³-hybridized carbons (Fsp3) is 0.158. The molecule has 4 aliphatic heterocycles. The minimum absolute atomic E-state index is 0.251. The Hall–Kier alpha value is -6.64. The molecule has 4 heterocycles. The summed E-state index contributed by atoms with van der Waals surface area (Å²) in [5.74, 6) is -3.32. The van der Waals surface area contributed by atoms with Crippen molar-refractivity contribution in [2.24, 2.45) is 10.2 Å². The number of carbonyl (C=O) groups excluding carboxylic acids is 6. The number of carbonyl (C=O) groups is 6. The van der Waals surface area contributed by atoms with E-state index in [2.05, 4.69) is 10.2 Å².